The van der Waals surface area contributed by atoms with Crippen LogP contribution in [0.3, 0.4) is 0 Å². The molecule has 1 amide bonds. The van der Waals surface area contributed by atoms with Gasteiger partial charge in [-0.15, -0.1) is 0 Å². The number of benzene rings is 4. The van der Waals surface area contributed by atoms with E-state index in [0.717, 1.165) is 47.4 Å². The third kappa shape index (κ3) is 6.79. The summed E-state index contributed by atoms with van der Waals surface area (Å²) in [7, 11) is 1.61. The van der Waals surface area contributed by atoms with Crippen molar-refractivity contribution < 1.29 is 14.6 Å². The molecule has 2 heterocycles. The number of hydrogen-bond donors (Lipinski definition) is 3. The van der Waals surface area contributed by atoms with Crippen molar-refractivity contribution >= 4 is 33.9 Å². The molecule has 7 nitrogen and oxygen atoms in total. The predicted molar refractivity (Wildman–Crippen MR) is 173 cm³/mol. The van der Waals surface area contributed by atoms with Crippen LogP contribution in [0.1, 0.15) is 41.5 Å². The van der Waals surface area contributed by atoms with E-state index in [1.807, 2.05) is 84.9 Å². The molecule has 0 unspecified atom stereocenters. The van der Waals surface area contributed by atoms with Crippen LogP contribution < -0.4 is 10.1 Å². The Morgan fingerprint density at radius 3 is 2.47 bits per heavy atom. The second kappa shape index (κ2) is 13.0. The predicted octanol–water partition coefficient (Wildman–Crippen LogP) is 7.22. The highest BCUT2D eigenvalue weighted by Gasteiger charge is 2.20. The lowest BCUT2D eigenvalue weighted by molar-refractivity contribution is -0.115. The van der Waals surface area contributed by atoms with Crippen LogP contribution in [-0.4, -0.2) is 46.8 Å². The molecular formula is C36H36N4O3. The maximum absolute atomic E-state index is 12.9. The van der Waals surface area contributed by atoms with Crippen LogP contribution in [-0.2, 0) is 17.8 Å². The van der Waals surface area contributed by atoms with Crippen molar-refractivity contribution in [2.45, 2.75) is 32.2 Å². The maximum atomic E-state index is 12.9. The van der Waals surface area contributed by atoms with E-state index in [1.165, 1.54) is 24.8 Å². The van der Waals surface area contributed by atoms with Gasteiger partial charge in [-0.25, -0.2) is 4.99 Å². The SMILES string of the molecule is COc1cccc(CC(=O)Nc2ccc3[nH]c(O)c(C(=Nc4ccc(CN5CCCCC5)cc4)c4ccccc4)c3c2)c1. The first-order valence-electron chi connectivity index (χ1n) is 14.8. The molecule has 1 fully saturated rings. The number of H-pyrrole nitrogens is 1. The van der Waals surface area contributed by atoms with Gasteiger partial charge in [0.1, 0.15) is 5.75 Å². The average Bonchev–Trinajstić information content (AvgIpc) is 3.36. The Labute approximate surface area is 251 Å². The summed E-state index contributed by atoms with van der Waals surface area (Å²) < 4.78 is 5.28. The molecule has 1 saturated heterocycles. The number of amides is 1. The minimum absolute atomic E-state index is 0.0270. The molecule has 0 saturated carbocycles. The summed E-state index contributed by atoms with van der Waals surface area (Å²) in [6.07, 6.45) is 4.07. The van der Waals surface area contributed by atoms with Gasteiger partial charge in [0.2, 0.25) is 5.91 Å². The molecule has 0 bridgehead atoms. The van der Waals surface area contributed by atoms with Crippen molar-refractivity contribution in [1.29, 1.82) is 0 Å². The van der Waals surface area contributed by atoms with Crippen molar-refractivity contribution in [2.24, 2.45) is 4.99 Å². The number of ether oxygens (including phenoxy) is 1. The monoisotopic (exact) mass is 572 g/mol. The second-order valence-electron chi connectivity index (χ2n) is 11.0. The third-order valence-corrected chi connectivity index (χ3v) is 7.88. The Bertz CT molecular complexity index is 1740. The van der Waals surface area contributed by atoms with Crippen molar-refractivity contribution in [3.8, 4) is 11.6 Å². The van der Waals surface area contributed by atoms with Crippen molar-refractivity contribution in [1.82, 2.24) is 9.88 Å². The van der Waals surface area contributed by atoms with Crippen LogP contribution in [0.4, 0.5) is 11.4 Å². The molecule has 1 aliphatic rings. The molecule has 7 heteroatoms. The number of aliphatic imine (C=N–C) groups is 1. The molecular weight excluding hydrogens is 536 g/mol. The first-order valence-corrected chi connectivity index (χ1v) is 14.8. The zero-order valence-electron chi connectivity index (χ0n) is 24.3. The normalized spacial score (nSPS) is 14.1. The van der Waals surface area contributed by atoms with Gasteiger partial charge in [-0.1, -0.05) is 61.0 Å². The highest BCUT2D eigenvalue weighted by atomic mass is 16.5. The Hall–Kier alpha value is -4.88. The van der Waals surface area contributed by atoms with E-state index in [4.69, 9.17) is 9.73 Å². The number of nitrogens with one attached hydrogen (secondary N) is 2. The van der Waals surface area contributed by atoms with Crippen LogP contribution in [0.2, 0.25) is 0 Å². The molecule has 5 aromatic rings. The molecule has 4 aromatic carbocycles. The smallest absolute Gasteiger partial charge is 0.228 e. The number of carbonyl (C=O) groups is 1. The summed E-state index contributed by atoms with van der Waals surface area (Å²) in [5.41, 5.74) is 6.43. The van der Waals surface area contributed by atoms with Gasteiger partial charge in [0.05, 0.1) is 30.5 Å². The van der Waals surface area contributed by atoms with Gasteiger partial charge in [0.25, 0.3) is 0 Å². The number of nitrogens with zero attached hydrogens (tertiary/aromatic N) is 2. The first-order chi connectivity index (χ1) is 21.1. The van der Waals surface area contributed by atoms with E-state index in [1.54, 1.807) is 7.11 Å². The molecule has 0 atom stereocenters. The number of piperidine rings is 1. The number of likely N-dealkylation sites (tertiary alicyclic amines) is 1. The number of rotatable bonds is 9. The number of hydrogen-bond acceptors (Lipinski definition) is 5. The lowest BCUT2D eigenvalue weighted by Crippen LogP contribution is -2.28. The van der Waals surface area contributed by atoms with Gasteiger partial charge in [-0.3, -0.25) is 9.69 Å². The fourth-order valence-corrected chi connectivity index (χ4v) is 5.71. The van der Waals surface area contributed by atoms with E-state index in [0.29, 0.717) is 22.7 Å². The van der Waals surface area contributed by atoms with Crippen LogP contribution in [0.25, 0.3) is 10.9 Å². The van der Waals surface area contributed by atoms with Gasteiger partial charge in [0, 0.05) is 28.7 Å². The van der Waals surface area contributed by atoms with Gasteiger partial charge in [0.15, 0.2) is 5.88 Å². The number of anilines is 1. The second-order valence-corrected chi connectivity index (χ2v) is 11.0. The van der Waals surface area contributed by atoms with Gasteiger partial charge in [-0.05, 0) is 79.5 Å². The summed E-state index contributed by atoms with van der Waals surface area (Å²) in [6, 6.07) is 31.3. The molecule has 1 aromatic heterocycles. The Morgan fingerprint density at radius 1 is 0.907 bits per heavy atom. The van der Waals surface area contributed by atoms with Crippen molar-refractivity contribution in [2.75, 3.05) is 25.5 Å². The number of aromatic hydroxyl groups is 1. The van der Waals surface area contributed by atoms with E-state index in [9.17, 15) is 9.90 Å². The summed E-state index contributed by atoms with van der Waals surface area (Å²) in [5.74, 6) is 0.596. The number of methoxy groups -OCH3 is 1. The van der Waals surface area contributed by atoms with Gasteiger partial charge >= 0.3 is 0 Å². The molecule has 0 radical (unpaired) electrons. The van der Waals surface area contributed by atoms with Crippen molar-refractivity contribution in [3.63, 3.8) is 0 Å². The summed E-state index contributed by atoms with van der Waals surface area (Å²) >= 11 is 0. The number of aromatic amines is 1. The van der Waals surface area contributed by atoms with E-state index in [2.05, 4.69) is 27.3 Å². The summed E-state index contributed by atoms with van der Waals surface area (Å²) in [5, 5.41) is 14.9. The minimum Gasteiger partial charge on any atom is -0.497 e. The third-order valence-electron chi connectivity index (χ3n) is 7.88. The van der Waals surface area contributed by atoms with Crippen LogP contribution >= 0.6 is 0 Å². The molecule has 1 aliphatic heterocycles. The standard InChI is InChI=1S/C36H36N4O3/c1-43-30-12-8-9-26(21-30)22-33(41)37-29-17-18-32-31(23-29)34(36(42)39-32)35(27-10-4-2-5-11-27)38-28-15-13-25(14-16-28)24-40-19-6-3-7-20-40/h2,4-5,8-18,21,23,39,42H,3,6-7,19-20,22,24H2,1H3,(H,37,41). The summed E-state index contributed by atoms with van der Waals surface area (Å²) in [4.78, 5) is 23.6. The van der Waals surface area contributed by atoms with Crippen molar-refractivity contribution in [3.05, 3.63) is 119 Å². The van der Waals surface area contributed by atoms with Crippen LogP contribution in [0, 0.1) is 0 Å². The van der Waals surface area contributed by atoms with E-state index >= 15 is 0 Å². The zero-order valence-corrected chi connectivity index (χ0v) is 24.3. The molecule has 6 rings (SSSR count). The number of fused-ring (bicyclic) bond motifs is 1. The maximum Gasteiger partial charge on any atom is 0.228 e. The van der Waals surface area contributed by atoms with Gasteiger partial charge in [-0.2, -0.15) is 0 Å². The minimum atomic E-state index is -0.143. The number of aromatic nitrogens is 1. The number of carbonyl (C=O) groups excluding carboxylic acids is 1. The molecule has 43 heavy (non-hydrogen) atoms. The summed E-state index contributed by atoms with van der Waals surface area (Å²) in [6.45, 7) is 3.26. The van der Waals surface area contributed by atoms with E-state index < -0.39 is 0 Å². The van der Waals surface area contributed by atoms with Crippen LogP contribution in [0.5, 0.6) is 11.6 Å². The molecule has 3 N–H and O–H groups in total. The average molecular weight is 573 g/mol. The molecule has 218 valence electrons. The van der Waals surface area contributed by atoms with E-state index in [-0.39, 0.29) is 18.2 Å². The lowest BCUT2D eigenvalue weighted by atomic mass is 10.0. The highest BCUT2D eigenvalue weighted by molar-refractivity contribution is 6.22. The largest absolute Gasteiger partial charge is 0.497 e. The topological polar surface area (TPSA) is 89.9 Å². The van der Waals surface area contributed by atoms with Gasteiger partial charge < -0.3 is 20.1 Å². The lowest BCUT2D eigenvalue weighted by Gasteiger charge is -2.26. The highest BCUT2D eigenvalue weighted by Crippen LogP contribution is 2.33. The Kier molecular flexibility index (Phi) is 8.52. The molecule has 0 spiro atoms. The first kappa shape index (κ1) is 28.2. The molecule has 0 aliphatic carbocycles. The quantitative estimate of drug-likeness (QED) is 0.163. The Balaban J connectivity index is 1.30. The fourth-order valence-electron chi connectivity index (χ4n) is 5.71. The Morgan fingerprint density at radius 2 is 1.70 bits per heavy atom. The zero-order chi connectivity index (χ0) is 29.6. The fraction of sp³-hybridized carbons (Fsp3) is 0.222. The van der Waals surface area contributed by atoms with Crippen LogP contribution in [0.15, 0.2) is 102 Å².